The molecule has 2 rings (SSSR count). The topological polar surface area (TPSA) is 12.9 Å². The van der Waals surface area contributed by atoms with Crippen LogP contribution in [0.25, 0.3) is 10.1 Å². The van der Waals surface area contributed by atoms with Crippen LogP contribution in [0.3, 0.4) is 0 Å². The van der Waals surface area contributed by atoms with Gasteiger partial charge in [0.1, 0.15) is 5.82 Å². The Hall–Kier alpha value is -0.960. The van der Waals surface area contributed by atoms with E-state index in [4.69, 9.17) is 0 Å². The van der Waals surface area contributed by atoms with Gasteiger partial charge in [-0.05, 0) is 26.3 Å². The van der Waals surface area contributed by atoms with Crippen LogP contribution in [0.1, 0.15) is 17.0 Å². The lowest BCUT2D eigenvalue weighted by atomic mass is 10.1. The molecule has 0 saturated carbocycles. The third kappa shape index (κ3) is 1.15. The van der Waals surface area contributed by atoms with Crippen molar-refractivity contribution in [3.8, 4) is 0 Å². The summed E-state index contributed by atoms with van der Waals surface area (Å²) in [5.74, 6) is -0.119. The van der Waals surface area contributed by atoms with Gasteiger partial charge in [-0.25, -0.2) is 4.39 Å². The standard InChI is InChI=1S/C10H10FNS/c1-5-6(2)12-7(3)10-9(5)8(11)4-13-10/h4H,1-3H3. The normalized spacial score (nSPS) is 11.1. The Morgan fingerprint density at radius 3 is 2.62 bits per heavy atom. The molecule has 0 N–H and O–H groups in total. The van der Waals surface area contributed by atoms with Crippen molar-refractivity contribution in [1.82, 2.24) is 4.98 Å². The minimum Gasteiger partial charge on any atom is -0.257 e. The Balaban J connectivity index is 3.00. The van der Waals surface area contributed by atoms with E-state index in [-0.39, 0.29) is 5.82 Å². The minimum atomic E-state index is -0.119. The van der Waals surface area contributed by atoms with E-state index in [9.17, 15) is 4.39 Å². The molecule has 0 amide bonds. The second-order valence-corrected chi connectivity index (χ2v) is 4.08. The van der Waals surface area contributed by atoms with E-state index in [0.717, 1.165) is 27.0 Å². The van der Waals surface area contributed by atoms with E-state index < -0.39 is 0 Å². The number of rotatable bonds is 0. The molecule has 13 heavy (non-hydrogen) atoms. The molecule has 0 radical (unpaired) electrons. The van der Waals surface area contributed by atoms with Crippen LogP contribution < -0.4 is 0 Å². The predicted molar refractivity (Wildman–Crippen MR) is 53.8 cm³/mol. The smallest absolute Gasteiger partial charge is 0.142 e. The van der Waals surface area contributed by atoms with Crippen molar-refractivity contribution in [3.05, 3.63) is 28.1 Å². The molecule has 0 spiro atoms. The molecule has 0 aliphatic heterocycles. The van der Waals surface area contributed by atoms with Crippen LogP contribution in [0.15, 0.2) is 5.38 Å². The number of hydrogen-bond donors (Lipinski definition) is 0. The molecule has 3 heteroatoms. The molecule has 0 unspecified atom stereocenters. The van der Waals surface area contributed by atoms with Crippen molar-refractivity contribution in [2.45, 2.75) is 20.8 Å². The third-order valence-electron chi connectivity index (χ3n) is 2.33. The summed E-state index contributed by atoms with van der Waals surface area (Å²) in [5.41, 5.74) is 2.80. The monoisotopic (exact) mass is 195 g/mol. The Labute approximate surface area is 80.2 Å². The summed E-state index contributed by atoms with van der Waals surface area (Å²) in [6.07, 6.45) is 0. The average molecular weight is 195 g/mol. The van der Waals surface area contributed by atoms with Crippen molar-refractivity contribution in [1.29, 1.82) is 0 Å². The molecule has 2 heterocycles. The first-order valence-electron chi connectivity index (χ1n) is 4.11. The Kier molecular flexibility index (Phi) is 1.84. The number of fused-ring (bicyclic) bond motifs is 1. The molecule has 0 atom stereocenters. The number of halogens is 1. The second-order valence-electron chi connectivity index (χ2n) is 3.20. The number of nitrogens with zero attached hydrogens (tertiary/aromatic N) is 1. The summed E-state index contributed by atoms with van der Waals surface area (Å²) < 4.78 is 14.3. The van der Waals surface area contributed by atoms with Crippen LogP contribution in [0.5, 0.6) is 0 Å². The van der Waals surface area contributed by atoms with Gasteiger partial charge in [-0.2, -0.15) is 0 Å². The van der Waals surface area contributed by atoms with E-state index in [1.807, 2.05) is 20.8 Å². The van der Waals surface area contributed by atoms with E-state index in [1.54, 1.807) is 5.38 Å². The van der Waals surface area contributed by atoms with Gasteiger partial charge in [-0.1, -0.05) is 0 Å². The summed E-state index contributed by atoms with van der Waals surface area (Å²) in [7, 11) is 0. The first kappa shape index (κ1) is 8.63. The molecular weight excluding hydrogens is 185 g/mol. The number of thiophene rings is 1. The molecule has 2 aromatic rings. The maximum absolute atomic E-state index is 13.3. The molecule has 0 fully saturated rings. The molecule has 0 bridgehead atoms. The van der Waals surface area contributed by atoms with Crippen LogP contribution in [-0.4, -0.2) is 4.98 Å². The van der Waals surface area contributed by atoms with E-state index >= 15 is 0 Å². The summed E-state index contributed by atoms with van der Waals surface area (Å²) >= 11 is 1.43. The molecule has 2 aromatic heterocycles. The second kappa shape index (κ2) is 2.77. The van der Waals surface area contributed by atoms with Crippen molar-refractivity contribution >= 4 is 21.4 Å². The lowest BCUT2D eigenvalue weighted by Gasteiger charge is -2.03. The lowest BCUT2D eigenvalue weighted by molar-refractivity contribution is 0.643. The zero-order valence-electron chi connectivity index (χ0n) is 7.81. The summed E-state index contributed by atoms with van der Waals surface area (Å²) in [6, 6.07) is 0. The fraction of sp³-hybridized carbons (Fsp3) is 0.300. The van der Waals surface area contributed by atoms with Gasteiger partial charge in [0.25, 0.3) is 0 Å². The molecule has 0 aliphatic rings. The van der Waals surface area contributed by atoms with Crippen LogP contribution in [-0.2, 0) is 0 Å². The zero-order valence-corrected chi connectivity index (χ0v) is 8.63. The average Bonchev–Trinajstić information content (AvgIpc) is 2.44. The predicted octanol–water partition coefficient (Wildman–Crippen LogP) is 3.36. The first-order valence-corrected chi connectivity index (χ1v) is 4.99. The summed E-state index contributed by atoms with van der Waals surface area (Å²) in [6.45, 7) is 5.75. The van der Waals surface area contributed by atoms with Crippen molar-refractivity contribution in [3.63, 3.8) is 0 Å². The fourth-order valence-corrected chi connectivity index (χ4v) is 2.44. The zero-order chi connectivity index (χ0) is 9.59. The van der Waals surface area contributed by atoms with Gasteiger partial charge in [0.05, 0.1) is 10.4 Å². The van der Waals surface area contributed by atoms with Gasteiger partial charge < -0.3 is 0 Å². The highest BCUT2D eigenvalue weighted by atomic mass is 32.1. The minimum absolute atomic E-state index is 0.119. The molecule has 1 nitrogen and oxygen atoms in total. The largest absolute Gasteiger partial charge is 0.257 e. The number of hydrogen-bond acceptors (Lipinski definition) is 2. The van der Waals surface area contributed by atoms with Crippen molar-refractivity contribution < 1.29 is 4.39 Å². The van der Waals surface area contributed by atoms with E-state index in [1.165, 1.54) is 11.3 Å². The van der Waals surface area contributed by atoms with E-state index in [2.05, 4.69) is 4.98 Å². The molecule has 0 aliphatic carbocycles. The molecule has 0 aromatic carbocycles. The van der Waals surface area contributed by atoms with Gasteiger partial charge in [0, 0.05) is 16.5 Å². The van der Waals surface area contributed by atoms with E-state index in [0.29, 0.717) is 0 Å². The van der Waals surface area contributed by atoms with Crippen LogP contribution in [0, 0.1) is 26.6 Å². The van der Waals surface area contributed by atoms with Gasteiger partial charge >= 0.3 is 0 Å². The van der Waals surface area contributed by atoms with Crippen LogP contribution in [0.2, 0.25) is 0 Å². The quantitative estimate of drug-likeness (QED) is 0.628. The number of aromatic nitrogens is 1. The number of aryl methyl sites for hydroxylation is 3. The molecule has 0 saturated heterocycles. The lowest BCUT2D eigenvalue weighted by Crippen LogP contribution is -1.91. The van der Waals surface area contributed by atoms with Crippen molar-refractivity contribution in [2.75, 3.05) is 0 Å². The Morgan fingerprint density at radius 1 is 1.23 bits per heavy atom. The Morgan fingerprint density at radius 2 is 1.92 bits per heavy atom. The Bertz CT molecular complexity index is 473. The van der Waals surface area contributed by atoms with Gasteiger partial charge in [-0.15, -0.1) is 11.3 Å². The summed E-state index contributed by atoms with van der Waals surface area (Å²) in [4.78, 5) is 4.36. The first-order chi connectivity index (χ1) is 6.11. The fourth-order valence-electron chi connectivity index (χ4n) is 1.52. The SMILES string of the molecule is Cc1nc(C)c2scc(F)c2c1C. The van der Waals surface area contributed by atoms with Gasteiger partial charge in [0.15, 0.2) is 0 Å². The van der Waals surface area contributed by atoms with Gasteiger partial charge in [0.2, 0.25) is 0 Å². The third-order valence-corrected chi connectivity index (χ3v) is 3.39. The molecular formula is C10H10FNS. The molecule has 68 valence electrons. The summed E-state index contributed by atoms with van der Waals surface area (Å²) in [5, 5.41) is 2.29. The number of pyridine rings is 1. The highest BCUT2D eigenvalue weighted by Crippen LogP contribution is 2.30. The van der Waals surface area contributed by atoms with Crippen molar-refractivity contribution in [2.24, 2.45) is 0 Å². The highest BCUT2D eigenvalue weighted by molar-refractivity contribution is 7.17. The maximum Gasteiger partial charge on any atom is 0.142 e. The van der Waals surface area contributed by atoms with Crippen LogP contribution >= 0.6 is 11.3 Å². The highest BCUT2D eigenvalue weighted by Gasteiger charge is 2.11. The van der Waals surface area contributed by atoms with Gasteiger partial charge in [-0.3, -0.25) is 4.98 Å². The van der Waals surface area contributed by atoms with Crippen LogP contribution in [0.4, 0.5) is 4.39 Å². The maximum atomic E-state index is 13.3.